The lowest BCUT2D eigenvalue weighted by molar-refractivity contribution is -0.132. The van der Waals surface area contributed by atoms with Crippen LogP contribution in [-0.4, -0.2) is 57.3 Å². The van der Waals surface area contributed by atoms with Crippen LogP contribution in [0.1, 0.15) is 194 Å². The fourth-order valence-corrected chi connectivity index (χ4v) is 5.94. The second kappa shape index (κ2) is 31.3. The molecule has 4 atom stereocenters. The first kappa shape index (κ1) is 42.3. The van der Waals surface area contributed by atoms with Crippen molar-refractivity contribution in [3.05, 3.63) is 0 Å². The summed E-state index contributed by atoms with van der Waals surface area (Å²) >= 11 is 0. The van der Waals surface area contributed by atoms with Gasteiger partial charge in [0.1, 0.15) is 12.2 Å². The van der Waals surface area contributed by atoms with Crippen LogP contribution >= 0.6 is 0 Å². The number of carbonyl (C=O) groups excluding carboxylic acids is 1. The molecule has 6 nitrogen and oxygen atoms in total. The molecule has 0 rings (SSSR count). The van der Waals surface area contributed by atoms with Crippen molar-refractivity contribution < 1.29 is 25.2 Å². The van der Waals surface area contributed by atoms with Crippen molar-refractivity contribution in [3.8, 4) is 0 Å². The molecule has 0 saturated carbocycles. The molecule has 0 unspecified atom stereocenters. The highest BCUT2D eigenvalue weighted by molar-refractivity contribution is 5.80. The van der Waals surface area contributed by atoms with E-state index in [1.165, 1.54) is 122 Å². The lowest BCUT2D eigenvalue weighted by Gasteiger charge is -2.27. The van der Waals surface area contributed by atoms with Crippen LogP contribution in [0.5, 0.6) is 0 Å². The summed E-state index contributed by atoms with van der Waals surface area (Å²) < 4.78 is 0. The number of aliphatic hydroxyl groups is 4. The largest absolute Gasteiger partial charge is 0.394 e. The van der Waals surface area contributed by atoms with Gasteiger partial charge in [-0.15, -0.1) is 0 Å². The van der Waals surface area contributed by atoms with Crippen LogP contribution in [0.25, 0.3) is 0 Å². The summed E-state index contributed by atoms with van der Waals surface area (Å²) in [7, 11) is 0. The highest BCUT2D eigenvalue weighted by Crippen LogP contribution is 2.16. The van der Waals surface area contributed by atoms with Crippen molar-refractivity contribution in [1.82, 2.24) is 5.32 Å². The molecule has 0 aromatic carbocycles. The smallest absolute Gasteiger partial charge is 0.249 e. The Morgan fingerprint density at radius 3 is 1.26 bits per heavy atom. The molecule has 0 aromatic heterocycles. The van der Waals surface area contributed by atoms with Gasteiger partial charge in [0.25, 0.3) is 0 Å². The van der Waals surface area contributed by atoms with Gasteiger partial charge in [-0.3, -0.25) is 4.79 Å². The molecule has 0 aromatic rings. The van der Waals surface area contributed by atoms with Gasteiger partial charge >= 0.3 is 0 Å². The van der Waals surface area contributed by atoms with E-state index >= 15 is 0 Å². The van der Waals surface area contributed by atoms with E-state index in [0.717, 1.165) is 44.4 Å². The van der Waals surface area contributed by atoms with Gasteiger partial charge in [0.15, 0.2) is 0 Å². The van der Waals surface area contributed by atoms with Crippen molar-refractivity contribution in [2.75, 3.05) is 6.61 Å². The molecular weight excluding hydrogens is 538 g/mol. The summed E-state index contributed by atoms with van der Waals surface area (Å²) in [6.07, 6.45) is 28.5. The normalized spacial score (nSPS) is 14.6. The standard InChI is InChI=1S/C37H75NO5/c1-4-5-6-7-8-9-10-11-12-13-14-15-16-17-20-24-27-30-35(41)37(43)38-33(31-39)36(42)34(40)29-26-23-21-18-19-22-25-28-32(2)3/h32-36,39-42H,4-31H2,1-3H3,(H,38,43)/t33-,34+,35+,36-/m0/s1. The van der Waals surface area contributed by atoms with Crippen LogP contribution in [0.2, 0.25) is 0 Å². The summed E-state index contributed by atoms with van der Waals surface area (Å²) in [5.74, 6) is 0.191. The molecule has 0 radical (unpaired) electrons. The van der Waals surface area contributed by atoms with Crippen LogP contribution in [0, 0.1) is 5.92 Å². The lowest BCUT2D eigenvalue weighted by Crippen LogP contribution is -2.53. The van der Waals surface area contributed by atoms with Crippen LogP contribution in [0.4, 0.5) is 0 Å². The van der Waals surface area contributed by atoms with E-state index in [2.05, 4.69) is 26.1 Å². The maximum atomic E-state index is 12.4. The monoisotopic (exact) mass is 614 g/mol. The summed E-state index contributed by atoms with van der Waals surface area (Å²) in [5.41, 5.74) is 0. The Bertz CT molecular complexity index is 587. The zero-order chi connectivity index (χ0) is 32.0. The van der Waals surface area contributed by atoms with E-state index in [0.29, 0.717) is 12.8 Å². The Kier molecular flexibility index (Phi) is 30.8. The Morgan fingerprint density at radius 2 is 0.884 bits per heavy atom. The highest BCUT2D eigenvalue weighted by Gasteiger charge is 2.28. The molecule has 0 heterocycles. The van der Waals surface area contributed by atoms with Gasteiger partial charge in [0.05, 0.1) is 18.8 Å². The van der Waals surface area contributed by atoms with Gasteiger partial charge in [-0.05, 0) is 18.8 Å². The van der Waals surface area contributed by atoms with E-state index in [-0.39, 0.29) is 0 Å². The minimum absolute atomic E-state index is 0.374. The Balaban J connectivity index is 3.76. The van der Waals surface area contributed by atoms with E-state index in [1.807, 2.05) is 0 Å². The maximum Gasteiger partial charge on any atom is 0.249 e. The first-order valence-electron chi connectivity index (χ1n) is 18.8. The van der Waals surface area contributed by atoms with E-state index < -0.39 is 36.9 Å². The van der Waals surface area contributed by atoms with E-state index in [9.17, 15) is 25.2 Å². The van der Waals surface area contributed by atoms with Crippen molar-refractivity contribution in [2.45, 2.75) is 218 Å². The number of aliphatic hydroxyl groups excluding tert-OH is 4. The third-order valence-corrected chi connectivity index (χ3v) is 9.00. The fourth-order valence-electron chi connectivity index (χ4n) is 5.94. The molecule has 0 bridgehead atoms. The third kappa shape index (κ3) is 27.4. The first-order chi connectivity index (χ1) is 20.8. The van der Waals surface area contributed by atoms with Crippen LogP contribution in [0.3, 0.4) is 0 Å². The topological polar surface area (TPSA) is 110 Å². The number of amides is 1. The molecule has 0 aliphatic heterocycles. The molecule has 0 aliphatic rings. The van der Waals surface area contributed by atoms with Crippen molar-refractivity contribution in [2.24, 2.45) is 5.92 Å². The summed E-state index contributed by atoms with van der Waals surface area (Å²) in [5, 5.41) is 43.4. The highest BCUT2D eigenvalue weighted by atomic mass is 16.3. The maximum absolute atomic E-state index is 12.4. The fraction of sp³-hybridized carbons (Fsp3) is 0.973. The Hall–Kier alpha value is -0.690. The molecule has 0 aliphatic carbocycles. The van der Waals surface area contributed by atoms with Crippen LogP contribution in [0.15, 0.2) is 0 Å². The van der Waals surface area contributed by atoms with Crippen LogP contribution < -0.4 is 5.32 Å². The Labute approximate surface area is 267 Å². The van der Waals surface area contributed by atoms with E-state index in [4.69, 9.17) is 0 Å². The minimum atomic E-state index is -1.25. The van der Waals surface area contributed by atoms with Gasteiger partial charge in [-0.25, -0.2) is 0 Å². The molecule has 43 heavy (non-hydrogen) atoms. The number of hydrogen-bond acceptors (Lipinski definition) is 5. The second-order valence-electron chi connectivity index (χ2n) is 13.8. The second-order valence-corrected chi connectivity index (χ2v) is 13.8. The Morgan fingerprint density at radius 1 is 0.535 bits per heavy atom. The van der Waals surface area contributed by atoms with E-state index in [1.54, 1.807) is 0 Å². The average molecular weight is 614 g/mol. The molecular formula is C37H75NO5. The molecule has 6 heteroatoms. The number of hydrogen-bond donors (Lipinski definition) is 5. The molecule has 0 saturated heterocycles. The third-order valence-electron chi connectivity index (χ3n) is 9.00. The number of carbonyl (C=O) groups is 1. The van der Waals surface area contributed by atoms with Gasteiger partial charge in [0.2, 0.25) is 5.91 Å². The molecule has 1 amide bonds. The molecule has 5 N–H and O–H groups in total. The average Bonchev–Trinajstić information content (AvgIpc) is 2.99. The molecule has 0 spiro atoms. The van der Waals surface area contributed by atoms with Gasteiger partial charge in [0, 0.05) is 0 Å². The van der Waals surface area contributed by atoms with Gasteiger partial charge in [-0.2, -0.15) is 0 Å². The zero-order valence-electron chi connectivity index (χ0n) is 28.9. The number of nitrogens with one attached hydrogen (secondary N) is 1. The summed E-state index contributed by atoms with van der Waals surface area (Å²) in [6, 6.07) is -0.978. The zero-order valence-corrected chi connectivity index (χ0v) is 28.9. The van der Waals surface area contributed by atoms with Crippen molar-refractivity contribution in [3.63, 3.8) is 0 Å². The summed E-state index contributed by atoms with van der Waals surface area (Å²) in [4.78, 5) is 12.4. The lowest BCUT2D eigenvalue weighted by atomic mass is 9.98. The number of unbranched alkanes of at least 4 members (excludes halogenated alkanes) is 22. The number of rotatable bonds is 33. The van der Waals surface area contributed by atoms with Gasteiger partial charge in [-0.1, -0.05) is 181 Å². The van der Waals surface area contributed by atoms with Crippen molar-refractivity contribution >= 4 is 5.91 Å². The summed E-state index contributed by atoms with van der Waals surface area (Å²) in [6.45, 7) is 6.31. The molecule has 0 fully saturated rings. The minimum Gasteiger partial charge on any atom is -0.394 e. The SMILES string of the molecule is CCCCCCCCCCCCCCCCCCC[C@@H](O)C(=O)N[C@@H](CO)[C@H](O)[C@H](O)CCCCCCCCCC(C)C. The molecule has 258 valence electrons. The van der Waals surface area contributed by atoms with Crippen LogP contribution in [-0.2, 0) is 4.79 Å². The first-order valence-corrected chi connectivity index (χ1v) is 18.8. The predicted molar refractivity (Wildman–Crippen MR) is 182 cm³/mol. The quantitative estimate of drug-likeness (QED) is 0.0475. The van der Waals surface area contributed by atoms with Gasteiger partial charge < -0.3 is 25.7 Å². The van der Waals surface area contributed by atoms with Crippen molar-refractivity contribution in [1.29, 1.82) is 0 Å². The predicted octanol–water partition coefficient (Wildman–Crippen LogP) is 8.75.